The van der Waals surface area contributed by atoms with E-state index in [4.69, 9.17) is 25.6 Å². The molecule has 1 aromatic heterocycles. The summed E-state index contributed by atoms with van der Waals surface area (Å²) in [7, 11) is 0. The number of hydrogen-bond acceptors (Lipinski definition) is 8. The highest BCUT2D eigenvalue weighted by molar-refractivity contribution is 6.34. The number of anilines is 1. The van der Waals surface area contributed by atoms with Crippen LogP contribution < -0.4 is 10.1 Å². The van der Waals surface area contributed by atoms with Gasteiger partial charge in [-0.15, -0.1) is 0 Å². The number of non-ortho nitro benzene ring substituents is 1. The zero-order chi connectivity index (χ0) is 24.1. The number of aromatic nitrogens is 1. The van der Waals surface area contributed by atoms with Crippen molar-refractivity contribution < 1.29 is 28.5 Å². The fraction of sp³-hybridized carbons (Fsp3) is 0.227. The number of nitrogens with zero attached hydrogens (tertiary/aromatic N) is 2. The third kappa shape index (κ3) is 5.86. The Balaban J connectivity index is 1.60. The molecule has 1 N–H and O–H groups in total. The summed E-state index contributed by atoms with van der Waals surface area (Å²) in [5.74, 6) is -0.296. The Morgan fingerprint density at radius 3 is 2.64 bits per heavy atom. The molecular formula is C22H20ClN3O7. The largest absolute Gasteiger partial charge is 0.489 e. The first-order chi connectivity index (χ1) is 15.7. The number of aryl methyl sites for hydroxylation is 2. The van der Waals surface area contributed by atoms with Crippen molar-refractivity contribution in [2.24, 2.45) is 0 Å². The quantitative estimate of drug-likeness (QED) is 0.284. The zero-order valence-electron chi connectivity index (χ0n) is 18.0. The van der Waals surface area contributed by atoms with Gasteiger partial charge in [0.1, 0.15) is 18.1 Å². The Labute approximate surface area is 193 Å². The van der Waals surface area contributed by atoms with Crippen LogP contribution in [0.15, 0.2) is 47.0 Å². The van der Waals surface area contributed by atoms with Crippen molar-refractivity contribution in [1.29, 1.82) is 0 Å². The molecule has 0 aliphatic heterocycles. The number of rotatable bonds is 8. The van der Waals surface area contributed by atoms with Crippen LogP contribution in [-0.4, -0.2) is 28.1 Å². The van der Waals surface area contributed by atoms with Crippen molar-refractivity contribution >= 4 is 34.9 Å². The van der Waals surface area contributed by atoms with E-state index in [2.05, 4.69) is 10.5 Å². The SMILES string of the molecule is Cc1noc(C)c1COc1cccc(C(=O)OC(C)C(=O)Nc2ccc([N+](=O)[O-])cc2Cl)c1. The Morgan fingerprint density at radius 1 is 1.24 bits per heavy atom. The van der Waals surface area contributed by atoms with Gasteiger partial charge in [0.05, 0.1) is 32.5 Å². The number of hydrogen-bond donors (Lipinski definition) is 1. The van der Waals surface area contributed by atoms with Crippen LogP contribution in [0.25, 0.3) is 0 Å². The van der Waals surface area contributed by atoms with Crippen LogP contribution in [0.3, 0.4) is 0 Å². The fourth-order valence-corrected chi connectivity index (χ4v) is 3.03. The lowest BCUT2D eigenvalue weighted by atomic mass is 10.2. The molecule has 0 radical (unpaired) electrons. The highest BCUT2D eigenvalue weighted by Crippen LogP contribution is 2.27. The number of nitrogens with one attached hydrogen (secondary N) is 1. The van der Waals surface area contributed by atoms with E-state index in [1.54, 1.807) is 26.0 Å². The third-order valence-electron chi connectivity index (χ3n) is 4.71. The summed E-state index contributed by atoms with van der Waals surface area (Å²) in [6.07, 6.45) is -1.16. The number of nitro benzene ring substituents is 1. The first-order valence-electron chi connectivity index (χ1n) is 9.76. The van der Waals surface area contributed by atoms with Crippen LogP contribution in [0.1, 0.15) is 34.3 Å². The molecule has 1 heterocycles. The van der Waals surface area contributed by atoms with Crippen molar-refractivity contribution in [2.75, 3.05) is 5.32 Å². The van der Waals surface area contributed by atoms with Gasteiger partial charge in [0.2, 0.25) is 0 Å². The average molecular weight is 474 g/mol. The Kier molecular flexibility index (Phi) is 7.29. The van der Waals surface area contributed by atoms with Gasteiger partial charge in [-0.25, -0.2) is 4.79 Å². The van der Waals surface area contributed by atoms with Gasteiger partial charge in [-0.2, -0.15) is 0 Å². The van der Waals surface area contributed by atoms with E-state index in [1.165, 1.54) is 31.2 Å². The molecule has 1 atom stereocenters. The third-order valence-corrected chi connectivity index (χ3v) is 5.02. The van der Waals surface area contributed by atoms with E-state index < -0.39 is 22.9 Å². The highest BCUT2D eigenvalue weighted by Gasteiger charge is 2.21. The Hall–Kier alpha value is -3.92. The van der Waals surface area contributed by atoms with Gasteiger partial charge < -0.3 is 19.3 Å². The number of carbonyl (C=O) groups is 2. The molecule has 172 valence electrons. The van der Waals surface area contributed by atoms with Crippen molar-refractivity contribution in [3.8, 4) is 5.75 Å². The predicted molar refractivity (Wildman–Crippen MR) is 118 cm³/mol. The van der Waals surface area contributed by atoms with Gasteiger partial charge in [-0.1, -0.05) is 22.8 Å². The van der Waals surface area contributed by atoms with Crippen LogP contribution in [0.4, 0.5) is 11.4 Å². The van der Waals surface area contributed by atoms with Gasteiger partial charge in [0.25, 0.3) is 11.6 Å². The minimum absolute atomic E-state index is 0.0146. The molecule has 0 saturated carbocycles. The van der Waals surface area contributed by atoms with E-state index >= 15 is 0 Å². The van der Waals surface area contributed by atoms with Gasteiger partial charge in [-0.05, 0) is 45.0 Å². The number of carbonyl (C=O) groups excluding carboxylic acids is 2. The molecule has 10 nitrogen and oxygen atoms in total. The second-order valence-corrected chi connectivity index (χ2v) is 7.48. The lowest BCUT2D eigenvalue weighted by molar-refractivity contribution is -0.384. The lowest BCUT2D eigenvalue weighted by Gasteiger charge is -2.14. The standard InChI is InChI=1S/C22H20ClN3O7/c1-12-18(13(2)33-25-12)11-31-17-6-4-5-15(9-17)22(28)32-14(3)21(27)24-20-8-7-16(26(29)30)10-19(20)23/h4-10,14H,11H2,1-3H3,(H,24,27). The summed E-state index contributed by atoms with van der Waals surface area (Å²) in [4.78, 5) is 35.1. The number of benzene rings is 2. The van der Waals surface area contributed by atoms with Crippen LogP contribution in [0.5, 0.6) is 5.75 Å². The van der Waals surface area contributed by atoms with Gasteiger partial charge >= 0.3 is 5.97 Å². The van der Waals surface area contributed by atoms with Crippen molar-refractivity contribution in [3.05, 3.63) is 80.2 Å². The van der Waals surface area contributed by atoms with Crippen LogP contribution >= 0.6 is 11.6 Å². The molecule has 0 saturated heterocycles. The molecule has 0 fully saturated rings. The number of halogens is 1. The predicted octanol–water partition coefficient (Wildman–Crippen LogP) is 4.62. The summed E-state index contributed by atoms with van der Waals surface area (Å²) in [5.41, 5.74) is 1.67. The molecule has 3 rings (SSSR count). The molecule has 0 aliphatic carbocycles. The van der Waals surface area contributed by atoms with Crippen molar-refractivity contribution in [3.63, 3.8) is 0 Å². The summed E-state index contributed by atoms with van der Waals surface area (Å²) in [6, 6.07) is 9.95. The maximum absolute atomic E-state index is 12.5. The molecule has 11 heteroatoms. The summed E-state index contributed by atoms with van der Waals surface area (Å²) < 4.78 is 16.1. The molecule has 0 aliphatic rings. The van der Waals surface area contributed by atoms with Crippen LogP contribution in [0, 0.1) is 24.0 Å². The molecular weight excluding hydrogens is 454 g/mol. The Morgan fingerprint density at radius 2 is 2.00 bits per heavy atom. The topological polar surface area (TPSA) is 134 Å². The van der Waals surface area contributed by atoms with Crippen LogP contribution in [0.2, 0.25) is 5.02 Å². The number of amides is 1. The second-order valence-electron chi connectivity index (χ2n) is 7.08. The second kappa shape index (κ2) is 10.1. The van der Waals surface area contributed by atoms with E-state index in [9.17, 15) is 19.7 Å². The van der Waals surface area contributed by atoms with E-state index in [-0.39, 0.29) is 28.6 Å². The van der Waals surface area contributed by atoms with Gasteiger partial charge in [-0.3, -0.25) is 14.9 Å². The maximum Gasteiger partial charge on any atom is 0.339 e. The van der Waals surface area contributed by atoms with Crippen LogP contribution in [-0.2, 0) is 16.1 Å². The number of nitro groups is 1. The first kappa shape index (κ1) is 23.7. The average Bonchev–Trinajstić information content (AvgIpc) is 3.10. The maximum atomic E-state index is 12.5. The molecule has 0 bridgehead atoms. The minimum Gasteiger partial charge on any atom is -0.489 e. The van der Waals surface area contributed by atoms with Crippen molar-refractivity contribution in [2.45, 2.75) is 33.5 Å². The first-order valence-corrected chi connectivity index (χ1v) is 10.1. The number of esters is 1. The lowest BCUT2D eigenvalue weighted by Crippen LogP contribution is -2.30. The monoisotopic (exact) mass is 473 g/mol. The Bertz CT molecular complexity index is 1190. The van der Waals surface area contributed by atoms with E-state index in [1.807, 2.05) is 0 Å². The smallest absolute Gasteiger partial charge is 0.339 e. The highest BCUT2D eigenvalue weighted by atomic mass is 35.5. The normalized spacial score (nSPS) is 11.5. The molecule has 1 unspecified atom stereocenters. The summed E-state index contributed by atoms with van der Waals surface area (Å²) >= 11 is 5.98. The van der Waals surface area contributed by atoms with Gasteiger partial charge in [0.15, 0.2) is 6.10 Å². The molecule has 3 aromatic rings. The molecule has 0 spiro atoms. The van der Waals surface area contributed by atoms with E-state index in [0.29, 0.717) is 11.5 Å². The fourth-order valence-electron chi connectivity index (χ4n) is 2.81. The summed E-state index contributed by atoms with van der Waals surface area (Å²) in [6.45, 7) is 5.20. The molecule has 33 heavy (non-hydrogen) atoms. The molecule has 2 aromatic carbocycles. The number of ether oxygens (including phenoxy) is 2. The van der Waals surface area contributed by atoms with Crippen molar-refractivity contribution in [1.82, 2.24) is 5.16 Å². The van der Waals surface area contributed by atoms with Gasteiger partial charge in [0, 0.05) is 12.1 Å². The molecule has 1 amide bonds. The summed E-state index contributed by atoms with van der Waals surface area (Å²) in [5, 5.41) is 17.1. The van der Waals surface area contributed by atoms with E-state index in [0.717, 1.165) is 17.3 Å². The zero-order valence-corrected chi connectivity index (χ0v) is 18.7. The minimum atomic E-state index is -1.16.